The summed E-state index contributed by atoms with van der Waals surface area (Å²) < 4.78 is 1.93. The van der Waals surface area contributed by atoms with Gasteiger partial charge in [-0.3, -0.25) is 4.40 Å². The molecule has 0 saturated carbocycles. The van der Waals surface area contributed by atoms with Crippen molar-refractivity contribution in [1.82, 2.24) is 14.4 Å². The average Bonchev–Trinajstić information content (AvgIpc) is 2.50. The quantitative estimate of drug-likeness (QED) is 0.608. The summed E-state index contributed by atoms with van der Waals surface area (Å²) in [5, 5.41) is 0. The number of aryl methyl sites for hydroxylation is 1. The van der Waals surface area contributed by atoms with Gasteiger partial charge in [-0.15, -0.1) is 0 Å². The number of aromatic nitrogens is 3. The highest BCUT2D eigenvalue weighted by Gasteiger charge is 1.93. The van der Waals surface area contributed by atoms with Gasteiger partial charge in [0.05, 0.1) is 6.20 Å². The molecule has 2 aromatic rings. The van der Waals surface area contributed by atoms with Crippen LogP contribution in [0, 0.1) is 0 Å². The topological polar surface area (TPSA) is 30.2 Å². The largest absolute Gasteiger partial charge is 0.290 e. The molecule has 3 nitrogen and oxygen atoms in total. The van der Waals surface area contributed by atoms with Gasteiger partial charge in [0.25, 0.3) is 0 Å². The SMILES string of the molecule is CCc1cnc2cncn2c1. The van der Waals surface area contributed by atoms with Crippen molar-refractivity contribution >= 4 is 5.65 Å². The Morgan fingerprint density at radius 3 is 3.18 bits per heavy atom. The number of fused-ring (bicyclic) bond motifs is 1. The van der Waals surface area contributed by atoms with Crippen molar-refractivity contribution in [2.45, 2.75) is 13.3 Å². The van der Waals surface area contributed by atoms with Crippen LogP contribution in [0.15, 0.2) is 24.9 Å². The lowest BCUT2D eigenvalue weighted by Crippen LogP contribution is -1.89. The van der Waals surface area contributed by atoms with Crippen LogP contribution in [0.4, 0.5) is 0 Å². The third-order valence-corrected chi connectivity index (χ3v) is 1.72. The summed E-state index contributed by atoms with van der Waals surface area (Å²) in [6.45, 7) is 2.11. The zero-order valence-corrected chi connectivity index (χ0v) is 6.36. The average molecular weight is 147 g/mol. The summed E-state index contributed by atoms with van der Waals surface area (Å²) in [4.78, 5) is 8.19. The fourth-order valence-corrected chi connectivity index (χ4v) is 1.04. The molecule has 0 aliphatic heterocycles. The van der Waals surface area contributed by atoms with E-state index in [1.165, 1.54) is 5.56 Å². The third-order valence-electron chi connectivity index (χ3n) is 1.72. The van der Waals surface area contributed by atoms with Crippen molar-refractivity contribution in [2.24, 2.45) is 0 Å². The molecule has 0 aliphatic rings. The van der Waals surface area contributed by atoms with Gasteiger partial charge >= 0.3 is 0 Å². The van der Waals surface area contributed by atoms with E-state index in [1.807, 2.05) is 10.6 Å². The Bertz CT molecular complexity index is 364. The van der Waals surface area contributed by atoms with Crippen LogP contribution in [0.25, 0.3) is 5.65 Å². The summed E-state index contributed by atoms with van der Waals surface area (Å²) in [5.74, 6) is 0. The van der Waals surface area contributed by atoms with Crippen molar-refractivity contribution in [3.8, 4) is 0 Å². The number of nitrogens with zero attached hydrogens (tertiary/aromatic N) is 3. The summed E-state index contributed by atoms with van der Waals surface area (Å²) in [6, 6.07) is 0. The maximum Gasteiger partial charge on any atom is 0.156 e. The molecule has 0 saturated heterocycles. The molecule has 0 atom stereocenters. The number of hydrogen-bond donors (Lipinski definition) is 0. The Hall–Kier alpha value is -1.38. The molecular weight excluding hydrogens is 138 g/mol. The Labute approximate surface area is 64.7 Å². The van der Waals surface area contributed by atoms with Crippen LogP contribution >= 0.6 is 0 Å². The summed E-state index contributed by atoms with van der Waals surface area (Å²) in [5.41, 5.74) is 2.14. The van der Waals surface area contributed by atoms with Crippen LogP contribution in [0.2, 0.25) is 0 Å². The highest BCUT2D eigenvalue weighted by Crippen LogP contribution is 2.01. The van der Waals surface area contributed by atoms with Gasteiger partial charge in [0.2, 0.25) is 0 Å². The first-order chi connectivity index (χ1) is 5.40. The molecule has 2 rings (SSSR count). The molecule has 11 heavy (non-hydrogen) atoms. The number of rotatable bonds is 1. The Balaban J connectivity index is 2.67. The minimum absolute atomic E-state index is 0.905. The van der Waals surface area contributed by atoms with Crippen molar-refractivity contribution in [3.05, 3.63) is 30.5 Å². The first-order valence-corrected chi connectivity index (χ1v) is 3.66. The molecule has 2 aromatic heterocycles. The molecule has 56 valence electrons. The summed E-state index contributed by atoms with van der Waals surface area (Å²) >= 11 is 0. The van der Waals surface area contributed by atoms with Crippen LogP contribution < -0.4 is 0 Å². The van der Waals surface area contributed by atoms with Gasteiger partial charge in [-0.1, -0.05) is 6.92 Å². The standard InChI is InChI=1S/C8H9N3/c1-2-7-3-10-8-4-9-6-11(8)5-7/h3-6H,2H2,1H3. The molecule has 0 aliphatic carbocycles. The van der Waals surface area contributed by atoms with Crippen molar-refractivity contribution in [1.29, 1.82) is 0 Å². The molecule has 0 aromatic carbocycles. The zero-order chi connectivity index (χ0) is 7.68. The van der Waals surface area contributed by atoms with E-state index in [4.69, 9.17) is 0 Å². The lowest BCUT2D eigenvalue weighted by Gasteiger charge is -1.95. The molecule has 0 N–H and O–H groups in total. The first kappa shape index (κ1) is 6.34. The molecule has 0 fully saturated rings. The second kappa shape index (κ2) is 2.34. The normalized spacial score (nSPS) is 10.6. The van der Waals surface area contributed by atoms with Crippen LogP contribution in [0.3, 0.4) is 0 Å². The molecule has 0 bridgehead atoms. The molecule has 2 heterocycles. The molecule has 0 unspecified atom stereocenters. The van der Waals surface area contributed by atoms with Gasteiger partial charge in [0.1, 0.15) is 6.33 Å². The maximum absolute atomic E-state index is 4.21. The minimum Gasteiger partial charge on any atom is -0.290 e. The Morgan fingerprint density at radius 1 is 1.45 bits per heavy atom. The molecular formula is C8H9N3. The van der Waals surface area contributed by atoms with E-state index in [2.05, 4.69) is 23.1 Å². The predicted molar refractivity (Wildman–Crippen MR) is 42.4 cm³/mol. The molecule has 0 radical (unpaired) electrons. The smallest absolute Gasteiger partial charge is 0.156 e. The predicted octanol–water partition coefficient (Wildman–Crippen LogP) is 1.29. The van der Waals surface area contributed by atoms with Gasteiger partial charge < -0.3 is 0 Å². The molecule has 3 heteroatoms. The van der Waals surface area contributed by atoms with Gasteiger partial charge in [-0.25, -0.2) is 9.97 Å². The number of hydrogen-bond acceptors (Lipinski definition) is 2. The first-order valence-electron chi connectivity index (χ1n) is 3.66. The van der Waals surface area contributed by atoms with Crippen molar-refractivity contribution < 1.29 is 0 Å². The Morgan fingerprint density at radius 2 is 2.36 bits per heavy atom. The Kier molecular flexibility index (Phi) is 1.35. The van der Waals surface area contributed by atoms with Gasteiger partial charge in [-0.2, -0.15) is 0 Å². The second-order valence-electron chi connectivity index (χ2n) is 2.47. The summed E-state index contributed by atoms with van der Waals surface area (Å²) in [6.07, 6.45) is 8.47. The van der Waals surface area contributed by atoms with Gasteiger partial charge in [0.15, 0.2) is 5.65 Å². The van der Waals surface area contributed by atoms with Crippen LogP contribution in [-0.2, 0) is 6.42 Å². The highest BCUT2D eigenvalue weighted by molar-refractivity contribution is 5.34. The van der Waals surface area contributed by atoms with Gasteiger partial charge in [0, 0.05) is 12.4 Å². The molecule has 0 amide bonds. The summed E-state index contributed by atoms with van der Waals surface area (Å²) in [7, 11) is 0. The zero-order valence-electron chi connectivity index (χ0n) is 6.36. The van der Waals surface area contributed by atoms with Crippen LogP contribution in [0.5, 0.6) is 0 Å². The van der Waals surface area contributed by atoms with E-state index in [-0.39, 0.29) is 0 Å². The fourth-order valence-electron chi connectivity index (χ4n) is 1.04. The third kappa shape index (κ3) is 0.981. The van der Waals surface area contributed by atoms with Crippen LogP contribution in [-0.4, -0.2) is 14.4 Å². The van der Waals surface area contributed by atoms with E-state index < -0.39 is 0 Å². The van der Waals surface area contributed by atoms with Crippen LogP contribution in [0.1, 0.15) is 12.5 Å². The lowest BCUT2D eigenvalue weighted by atomic mass is 10.3. The van der Waals surface area contributed by atoms with Crippen molar-refractivity contribution in [3.63, 3.8) is 0 Å². The molecule has 0 spiro atoms. The second-order valence-corrected chi connectivity index (χ2v) is 2.47. The van der Waals surface area contributed by atoms with E-state index in [9.17, 15) is 0 Å². The minimum atomic E-state index is 0.905. The monoisotopic (exact) mass is 147 g/mol. The van der Waals surface area contributed by atoms with Gasteiger partial charge in [-0.05, 0) is 12.0 Å². The van der Waals surface area contributed by atoms with E-state index in [0.29, 0.717) is 0 Å². The lowest BCUT2D eigenvalue weighted by molar-refractivity contribution is 1.02. The van der Waals surface area contributed by atoms with E-state index in [0.717, 1.165) is 12.1 Å². The van der Waals surface area contributed by atoms with E-state index in [1.54, 1.807) is 12.5 Å². The fraction of sp³-hybridized carbons (Fsp3) is 0.250. The maximum atomic E-state index is 4.21. The highest BCUT2D eigenvalue weighted by atomic mass is 15.0. The van der Waals surface area contributed by atoms with E-state index >= 15 is 0 Å². The number of imidazole rings is 1. The van der Waals surface area contributed by atoms with Crippen molar-refractivity contribution in [2.75, 3.05) is 0 Å².